The quantitative estimate of drug-likeness (QED) is 0.849. The van der Waals surface area contributed by atoms with E-state index < -0.39 is 0 Å². The highest BCUT2D eigenvalue weighted by Gasteiger charge is 2.21. The van der Waals surface area contributed by atoms with Crippen molar-refractivity contribution in [2.45, 2.75) is 38.3 Å². The molecule has 88 valence electrons. The monoisotopic (exact) mass is 223 g/mol. The number of rotatable bonds is 3. The van der Waals surface area contributed by atoms with Crippen molar-refractivity contribution in [2.75, 3.05) is 11.9 Å². The average Bonchev–Trinajstić information content (AvgIpc) is 2.32. The predicted molar refractivity (Wildman–Crippen MR) is 63.1 cm³/mol. The lowest BCUT2D eigenvalue weighted by atomic mass is 10.0. The lowest BCUT2D eigenvalue weighted by Crippen LogP contribution is -2.33. The molecule has 1 heterocycles. The van der Waals surface area contributed by atoms with Crippen LogP contribution in [0.3, 0.4) is 0 Å². The van der Waals surface area contributed by atoms with Crippen LogP contribution in [0.5, 0.6) is 0 Å². The van der Waals surface area contributed by atoms with Gasteiger partial charge in [0.25, 0.3) is 0 Å². The van der Waals surface area contributed by atoms with E-state index in [2.05, 4.69) is 12.2 Å². The van der Waals surface area contributed by atoms with Crippen molar-refractivity contribution in [3.8, 4) is 0 Å². The molecule has 0 amide bonds. The molecule has 1 aliphatic rings. The van der Waals surface area contributed by atoms with E-state index >= 15 is 0 Å². The van der Waals surface area contributed by atoms with Crippen LogP contribution < -0.4 is 5.32 Å². The molecule has 16 heavy (non-hydrogen) atoms. The lowest BCUT2D eigenvalue weighted by molar-refractivity contribution is 0.00921. The fourth-order valence-electron chi connectivity index (χ4n) is 2.09. The summed E-state index contributed by atoms with van der Waals surface area (Å²) in [5.74, 6) is -0.179. The summed E-state index contributed by atoms with van der Waals surface area (Å²) in [5.41, 5.74) is 0.601. The van der Waals surface area contributed by atoms with E-state index in [1.165, 1.54) is 6.07 Å². The first kappa shape index (κ1) is 11.4. The van der Waals surface area contributed by atoms with Gasteiger partial charge >= 0.3 is 0 Å². The largest absolute Gasteiger partial charge is 0.380 e. The molecule has 2 rings (SSSR count). The van der Waals surface area contributed by atoms with Crippen LogP contribution in [0.15, 0.2) is 24.3 Å². The molecule has 0 aliphatic carbocycles. The molecule has 0 bridgehead atoms. The zero-order chi connectivity index (χ0) is 11.4. The SMILES string of the molecule is CCC1CC(Nc2ccccc2F)CCO1. The topological polar surface area (TPSA) is 21.3 Å². The second kappa shape index (κ2) is 5.30. The molecule has 0 saturated carbocycles. The second-order valence-corrected chi connectivity index (χ2v) is 4.25. The molecular formula is C13H18FNO. The van der Waals surface area contributed by atoms with Crippen molar-refractivity contribution in [1.82, 2.24) is 0 Å². The number of nitrogens with one attached hydrogen (secondary N) is 1. The van der Waals surface area contributed by atoms with Crippen LogP contribution in [0, 0.1) is 5.82 Å². The summed E-state index contributed by atoms with van der Waals surface area (Å²) in [6.07, 6.45) is 3.25. The van der Waals surface area contributed by atoms with Crippen LogP contribution in [-0.4, -0.2) is 18.8 Å². The highest BCUT2D eigenvalue weighted by atomic mass is 19.1. The molecule has 0 radical (unpaired) electrons. The molecule has 1 aromatic rings. The summed E-state index contributed by atoms with van der Waals surface area (Å²) in [4.78, 5) is 0. The molecule has 0 spiro atoms. The molecule has 2 nitrogen and oxygen atoms in total. The maximum absolute atomic E-state index is 13.4. The van der Waals surface area contributed by atoms with Crippen LogP contribution >= 0.6 is 0 Å². The highest BCUT2D eigenvalue weighted by Crippen LogP contribution is 2.21. The zero-order valence-electron chi connectivity index (χ0n) is 9.58. The second-order valence-electron chi connectivity index (χ2n) is 4.25. The highest BCUT2D eigenvalue weighted by molar-refractivity contribution is 5.45. The van der Waals surface area contributed by atoms with Crippen LogP contribution in [-0.2, 0) is 4.74 Å². The molecule has 1 aromatic carbocycles. The van der Waals surface area contributed by atoms with E-state index in [1.807, 2.05) is 6.07 Å². The molecule has 3 heteroatoms. The van der Waals surface area contributed by atoms with Gasteiger partial charge in [-0.05, 0) is 31.4 Å². The standard InChI is InChI=1S/C13H18FNO/c1-2-11-9-10(7-8-16-11)15-13-6-4-3-5-12(13)14/h3-6,10-11,15H,2,7-9H2,1H3. The molecule has 0 aromatic heterocycles. The van der Waals surface area contributed by atoms with E-state index in [9.17, 15) is 4.39 Å². The number of ether oxygens (including phenoxy) is 1. The van der Waals surface area contributed by atoms with E-state index in [4.69, 9.17) is 4.74 Å². The van der Waals surface area contributed by atoms with Gasteiger partial charge in [-0.3, -0.25) is 0 Å². The van der Waals surface area contributed by atoms with Crippen molar-refractivity contribution < 1.29 is 9.13 Å². The summed E-state index contributed by atoms with van der Waals surface area (Å²) in [7, 11) is 0. The minimum atomic E-state index is -0.179. The van der Waals surface area contributed by atoms with E-state index in [1.54, 1.807) is 12.1 Å². The zero-order valence-corrected chi connectivity index (χ0v) is 9.58. The van der Waals surface area contributed by atoms with Gasteiger partial charge in [0.15, 0.2) is 0 Å². The molecular weight excluding hydrogens is 205 g/mol. The molecule has 1 fully saturated rings. The third-order valence-electron chi connectivity index (χ3n) is 3.06. The first-order valence-electron chi connectivity index (χ1n) is 5.92. The van der Waals surface area contributed by atoms with Crippen molar-refractivity contribution in [2.24, 2.45) is 0 Å². The molecule has 2 atom stereocenters. The minimum Gasteiger partial charge on any atom is -0.380 e. The van der Waals surface area contributed by atoms with Crippen LogP contribution in [0.4, 0.5) is 10.1 Å². The van der Waals surface area contributed by atoms with Crippen molar-refractivity contribution in [3.63, 3.8) is 0 Å². The molecule has 1 N–H and O–H groups in total. The summed E-state index contributed by atoms with van der Waals surface area (Å²) in [5, 5.41) is 3.26. The summed E-state index contributed by atoms with van der Waals surface area (Å²) in [6, 6.07) is 7.15. The Morgan fingerprint density at radius 2 is 2.25 bits per heavy atom. The van der Waals surface area contributed by atoms with Gasteiger partial charge in [-0.1, -0.05) is 19.1 Å². The Morgan fingerprint density at radius 3 is 3.00 bits per heavy atom. The maximum atomic E-state index is 13.4. The fourth-order valence-corrected chi connectivity index (χ4v) is 2.09. The van der Waals surface area contributed by atoms with Gasteiger partial charge in [-0.15, -0.1) is 0 Å². The number of hydrogen-bond acceptors (Lipinski definition) is 2. The third kappa shape index (κ3) is 2.73. The van der Waals surface area contributed by atoms with Crippen molar-refractivity contribution in [1.29, 1.82) is 0 Å². The third-order valence-corrected chi connectivity index (χ3v) is 3.06. The molecule has 2 unspecified atom stereocenters. The Kier molecular flexibility index (Phi) is 3.78. The van der Waals surface area contributed by atoms with Crippen LogP contribution in [0.25, 0.3) is 0 Å². The Morgan fingerprint density at radius 1 is 1.44 bits per heavy atom. The Labute approximate surface area is 95.8 Å². The van der Waals surface area contributed by atoms with E-state index in [0.717, 1.165) is 25.9 Å². The van der Waals surface area contributed by atoms with E-state index in [0.29, 0.717) is 17.8 Å². The first-order chi connectivity index (χ1) is 7.79. The van der Waals surface area contributed by atoms with Gasteiger partial charge in [0.2, 0.25) is 0 Å². The Bertz CT molecular complexity index is 342. The maximum Gasteiger partial charge on any atom is 0.146 e. The van der Waals surface area contributed by atoms with E-state index in [-0.39, 0.29) is 5.82 Å². The molecule has 1 saturated heterocycles. The van der Waals surface area contributed by atoms with Crippen molar-refractivity contribution in [3.05, 3.63) is 30.1 Å². The van der Waals surface area contributed by atoms with Crippen LogP contribution in [0.2, 0.25) is 0 Å². The first-order valence-corrected chi connectivity index (χ1v) is 5.92. The average molecular weight is 223 g/mol. The van der Waals surface area contributed by atoms with Crippen LogP contribution in [0.1, 0.15) is 26.2 Å². The number of anilines is 1. The van der Waals surface area contributed by atoms with Gasteiger partial charge in [0.05, 0.1) is 11.8 Å². The van der Waals surface area contributed by atoms with Gasteiger partial charge in [0.1, 0.15) is 5.82 Å². The normalized spacial score (nSPS) is 25.4. The summed E-state index contributed by atoms with van der Waals surface area (Å²) < 4.78 is 19.0. The Hall–Kier alpha value is -1.09. The molecule has 1 aliphatic heterocycles. The number of benzene rings is 1. The van der Waals surface area contributed by atoms with Gasteiger partial charge in [0, 0.05) is 12.6 Å². The fraction of sp³-hybridized carbons (Fsp3) is 0.538. The number of hydrogen-bond donors (Lipinski definition) is 1. The minimum absolute atomic E-state index is 0.179. The van der Waals surface area contributed by atoms with Crippen molar-refractivity contribution >= 4 is 5.69 Å². The van der Waals surface area contributed by atoms with Gasteiger partial charge in [-0.2, -0.15) is 0 Å². The number of para-hydroxylation sites is 1. The number of halogens is 1. The van der Waals surface area contributed by atoms with Gasteiger partial charge < -0.3 is 10.1 Å². The Balaban J connectivity index is 1.97. The van der Waals surface area contributed by atoms with Gasteiger partial charge in [-0.25, -0.2) is 4.39 Å². The summed E-state index contributed by atoms with van der Waals surface area (Å²) in [6.45, 7) is 2.89. The lowest BCUT2D eigenvalue weighted by Gasteiger charge is -2.30. The summed E-state index contributed by atoms with van der Waals surface area (Å²) >= 11 is 0. The predicted octanol–water partition coefficient (Wildman–Crippen LogP) is 3.20. The smallest absolute Gasteiger partial charge is 0.146 e.